The minimum absolute atomic E-state index is 0.115. The summed E-state index contributed by atoms with van der Waals surface area (Å²) in [6, 6.07) is 8.25. The molecule has 30 heavy (non-hydrogen) atoms. The van der Waals surface area contributed by atoms with Gasteiger partial charge < -0.3 is 15.0 Å². The number of aromatic nitrogens is 3. The fraction of sp³-hybridized carbons (Fsp3) is 0.500. The summed E-state index contributed by atoms with van der Waals surface area (Å²) in [5.74, 6) is 1.17. The van der Waals surface area contributed by atoms with Crippen LogP contribution in [-0.4, -0.2) is 47.3 Å². The SMILES string of the molecule is COc1cc(N(C)C2CCC(NC(=O)c3cnc(C(C)C)nn3)CC2)ccc1C#N. The summed E-state index contributed by atoms with van der Waals surface area (Å²) >= 11 is 0. The normalized spacial score (nSPS) is 18.5. The van der Waals surface area contributed by atoms with Crippen molar-refractivity contribution in [2.45, 2.75) is 57.5 Å². The third-order valence-electron chi connectivity index (χ3n) is 5.62. The van der Waals surface area contributed by atoms with Crippen molar-refractivity contribution in [2.75, 3.05) is 19.1 Å². The fourth-order valence-electron chi connectivity index (χ4n) is 3.72. The van der Waals surface area contributed by atoms with Crippen molar-refractivity contribution in [1.82, 2.24) is 20.5 Å². The summed E-state index contributed by atoms with van der Waals surface area (Å²) in [5, 5.41) is 20.3. The summed E-state index contributed by atoms with van der Waals surface area (Å²) in [4.78, 5) is 18.9. The Hall–Kier alpha value is -3.21. The number of nitrogens with one attached hydrogen (secondary N) is 1. The second-order valence-corrected chi connectivity index (χ2v) is 7.94. The Morgan fingerprint density at radius 1 is 1.27 bits per heavy atom. The third-order valence-corrected chi connectivity index (χ3v) is 5.62. The number of hydrogen-bond donors (Lipinski definition) is 1. The highest BCUT2D eigenvalue weighted by Gasteiger charge is 2.26. The van der Waals surface area contributed by atoms with Gasteiger partial charge in [-0.2, -0.15) is 5.26 Å². The van der Waals surface area contributed by atoms with Crippen molar-refractivity contribution in [3.63, 3.8) is 0 Å². The monoisotopic (exact) mass is 408 g/mol. The van der Waals surface area contributed by atoms with Crippen molar-refractivity contribution in [3.05, 3.63) is 41.5 Å². The van der Waals surface area contributed by atoms with Gasteiger partial charge in [-0.3, -0.25) is 4.79 Å². The maximum atomic E-state index is 12.5. The molecule has 1 aromatic carbocycles. The lowest BCUT2D eigenvalue weighted by molar-refractivity contribution is 0.0919. The van der Waals surface area contributed by atoms with Gasteiger partial charge in [0.05, 0.1) is 18.9 Å². The molecule has 0 bridgehead atoms. The van der Waals surface area contributed by atoms with Crippen molar-refractivity contribution < 1.29 is 9.53 Å². The van der Waals surface area contributed by atoms with Gasteiger partial charge in [-0.05, 0) is 37.8 Å². The molecule has 1 saturated carbocycles. The summed E-state index contributed by atoms with van der Waals surface area (Å²) in [6.07, 6.45) is 5.19. The van der Waals surface area contributed by atoms with E-state index in [1.807, 2.05) is 26.0 Å². The Labute approximate surface area is 177 Å². The third kappa shape index (κ3) is 4.85. The molecule has 1 N–H and O–H groups in total. The van der Waals surface area contributed by atoms with E-state index in [2.05, 4.69) is 38.5 Å². The smallest absolute Gasteiger partial charge is 0.273 e. The lowest BCUT2D eigenvalue weighted by Crippen LogP contribution is -2.43. The topological polar surface area (TPSA) is 104 Å². The Morgan fingerprint density at radius 3 is 2.57 bits per heavy atom. The number of amides is 1. The van der Waals surface area contributed by atoms with E-state index in [1.54, 1.807) is 13.2 Å². The number of carbonyl (C=O) groups excluding carboxylic acids is 1. The largest absolute Gasteiger partial charge is 0.495 e. The summed E-state index contributed by atoms with van der Waals surface area (Å²) in [7, 11) is 3.63. The van der Waals surface area contributed by atoms with Crippen LogP contribution in [0.25, 0.3) is 0 Å². The summed E-state index contributed by atoms with van der Waals surface area (Å²) < 4.78 is 5.32. The number of nitriles is 1. The van der Waals surface area contributed by atoms with E-state index in [4.69, 9.17) is 10.00 Å². The number of hydrogen-bond acceptors (Lipinski definition) is 7. The minimum atomic E-state index is -0.223. The molecule has 8 heteroatoms. The van der Waals surface area contributed by atoms with E-state index in [-0.39, 0.29) is 23.6 Å². The van der Waals surface area contributed by atoms with Crippen LogP contribution < -0.4 is 15.0 Å². The first-order chi connectivity index (χ1) is 14.4. The van der Waals surface area contributed by atoms with Crippen molar-refractivity contribution in [1.29, 1.82) is 5.26 Å². The van der Waals surface area contributed by atoms with Gasteiger partial charge in [-0.25, -0.2) is 4.98 Å². The van der Waals surface area contributed by atoms with E-state index < -0.39 is 0 Å². The van der Waals surface area contributed by atoms with Gasteiger partial charge in [0.1, 0.15) is 11.8 Å². The Bertz CT molecular complexity index is 914. The second-order valence-electron chi connectivity index (χ2n) is 7.94. The maximum Gasteiger partial charge on any atom is 0.273 e. The highest BCUT2D eigenvalue weighted by Crippen LogP contribution is 2.30. The lowest BCUT2D eigenvalue weighted by Gasteiger charge is -2.36. The Morgan fingerprint density at radius 2 is 2.00 bits per heavy atom. The highest BCUT2D eigenvalue weighted by atomic mass is 16.5. The van der Waals surface area contributed by atoms with Crippen LogP contribution in [0.15, 0.2) is 24.4 Å². The molecule has 1 heterocycles. The molecular formula is C22H28N6O2. The number of carbonyl (C=O) groups is 1. The van der Waals surface area contributed by atoms with Gasteiger partial charge >= 0.3 is 0 Å². The molecule has 1 aliphatic rings. The van der Waals surface area contributed by atoms with Crippen LogP contribution in [0, 0.1) is 11.3 Å². The van der Waals surface area contributed by atoms with Crippen LogP contribution in [0.2, 0.25) is 0 Å². The molecule has 3 rings (SSSR count). The van der Waals surface area contributed by atoms with Gasteiger partial charge in [0.2, 0.25) is 0 Å². The zero-order chi connectivity index (χ0) is 21.7. The van der Waals surface area contributed by atoms with Crippen LogP contribution in [0.3, 0.4) is 0 Å². The Kier molecular flexibility index (Phi) is 6.83. The molecule has 1 amide bonds. The van der Waals surface area contributed by atoms with E-state index in [0.29, 0.717) is 23.2 Å². The zero-order valence-electron chi connectivity index (χ0n) is 17.9. The van der Waals surface area contributed by atoms with Crippen LogP contribution in [-0.2, 0) is 0 Å². The second kappa shape index (κ2) is 9.53. The van der Waals surface area contributed by atoms with E-state index in [1.165, 1.54) is 6.20 Å². The molecule has 2 aromatic rings. The summed E-state index contributed by atoms with van der Waals surface area (Å²) in [6.45, 7) is 3.97. The molecule has 0 unspecified atom stereocenters. The highest BCUT2D eigenvalue weighted by molar-refractivity contribution is 5.91. The predicted molar refractivity (Wildman–Crippen MR) is 114 cm³/mol. The molecule has 0 atom stereocenters. The molecule has 8 nitrogen and oxygen atoms in total. The van der Waals surface area contributed by atoms with Gasteiger partial charge in [-0.1, -0.05) is 13.8 Å². The van der Waals surface area contributed by atoms with Crippen molar-refractivity contribution in [2.24, 2.45) is 0 Å². The van der Waals surface area contributed by atoms with Gasteiger partial charge in [0, 0.05) is 36.8 Å². The van der Waals surface area contributed by atoms with E-state index >= 15 is 0 Å². The first-order valence-corrected chi connectivity index (χ1v) is 10.2. The number of ether oxygens (including phenoxy) is 1. The molecule has 0 radical (unpaired) electrons. The molecule has 0 aliphatic heterocycles. The van der Waals surface area contributed by atoms with Crippen molar-refractivity contribution in [3.8, 4) is 11.8 Å². The van der Waals surface area contributed by atoms with Crippen LogP contribution in [0.4, 0.5) is 5.69 Å². The standard InChI is InChI=1S/C22H28N6O2/c1-14(2)21-24-13-19(26-27-21)22(29)25-16-6-9-17(10-7-16)28(3)18-8-5-15(12-23)20(11-18)30-4/h5,8,11,13-14,16-17H,6-7,9-10H2,1-4H3,(H,25,29). The lowest BCUT2D eigenvalue weighted by atomic mass is 9.90. The number of methoxy groups -OCH3 is 1. The van der Waals surface area contributed by atoms with E-state index in [0.717, 1.165) is 31.4 Å². The molecule has 1 aromatic heterocycles. The average molecular weight is 409 g/mol. The first-order valence-electron chi connectivity index (χ1n) is 10.2. The minimum Gasteiger partial charge on any atom is -0.495 e. The van der Waals surface area contributed by atoms with Gasteiger partial charge in [-0.15, -0.1) is 10.2 Å². The van der Waals surface area contributed by atoms with E-state index in [9.17, 15) is 4.79 Å². The summed E-state index contributed by atoms with van der Waals surface area (Å²) in [5.41, 5.74) is 1.80. The Balaban J connectivity index is 1.55. The zero-order valence-corrected chi connectivity index (χ0v) is 17.9. The average Bonchev–Trinajstić information content (AvgIpc) is 2.78. The molecule has 158 valence electrons. The number of nitrogens with zero attached hydrogens (tertiary/aromatic N) is 5. The van der Waals surface area contributed by atoms with Gasteiger partial charge in [0.25, 0.3) is 5.91 Å². The molecular weight excluding hydrogens is 380 g/mol. The molecule has 0 spiro atoms. The predicted octanol–water partition coefficient (Wildman–Crippen LogP) is 3.05. The van der Waals surface area contributed by atoms with Gasteiger partial charge in [0.15, 0.2) is 11.5 Å². The maximum absolute atomic E-state index is 12.5. The van der Waals surface area contributed by atoms with Crippen molar-refractivity contribution >= 4 is 11.6 Å². The molecule has 1 fully saturated rings. The quantitative estimate of drug-likeness (QED) is 0.783. The van der Waals surface area contributed by atoms with Crippen LogP contribution in [0.1, 0.15) is 67.3 Å². The van der Waals surface area contributed by atoms with Crippen LogP contribution >= 0.6 is 0 Å². The number of benzene rings is 1. The molecule has 0 saturated heterocycles. The first kappa shape index (κ1) is 21.5. The fourth-order valence-corrected chi connectivity index (χ4v) is 3.72. The van der Waals surface area contributed by atoms with Crippen LogP contribution in [0.5, 0.6) is 5.75 Å². The number of rotatable bonds is 6. The number of anilines is 1. The molecule has 1 aliphatic carbocycles.